The predicted octanol–water partition coefficient (Wildman–Crippen LogP) is 0.970. The molecule has 1 aliphatic heterocycles. The Bertz CT molecular complexity index is 571. The van der Waals surface area contributed by atoms with Gasteiger partial charge in [-0.05, 0) is 38.1 Å². The van der Waals surface area contributed by atoms with Gasteiger partial charge in [-0.25, -0.2) is 13.1 Å². The molecule has 0 radical (unpaired) electrons. The largest absolute Gasteiger partial charge is 0.352 e. The van der Waals surface area contributed by atoms with Crippen LogP contribution in [0.15, 0.2) is 16.3 Å². The average molecular weight is 374 g/mol. The van der Waals surface area contributed by atoms with Gasteiger partial charge in [0, 0.05) is 6.04 Å². The highest BCUT2D eigenvalue weighted by Gasteiger charge is 2.19. The molecule has 1 amide bonds. The minimum atomic E-state index is -3.66. The molecule has 1 aromatic rings. The first-order valence-electron chi connectivity index (χ1n) is 6.22. The van der Waals surface area contributed by atoms with Gasteiger partial charge in [0.2, 0.25) is 5.91 Å². The Morgan fingerprint density at radius 2 is 2.05 bits per heavy atom. The molecule has 2 rings (SSSR count). The number of carbonyl (C=O) groups is 1. The van der Waals surface area contributed by atoms with Crippen molar-refractivity contribution in [2.24, 2.45) is 0 Å². The molecule has 0 spiro atoms. The highest BCUT2D eigenvalue weighted by atomic mass is 35.5. The first-order chi connectivity index (χ1) is 9.47. The Kier molecular flexibility index (Phi) is 7.38. The third-order valence-electron chi connectivity index (χ3n) is 2.94. The molecule has 10 heteroatoms. The SMILES string of the molecule is Cl.O=C(CNS(=O)(=O)c1ccc(Cl)s1)NC1CCNCC1. The maximum atomic E-state index is 11.9. The second kappa shape index (κ2) is 8.30. The molecule has 6 nitrogen and oxygen atoms in total. The summed E-state index contributed by atoms with van der Waals surface area (Å²) < 4.78 is 26.6. The third-order valence-corrected chi connectivity index (χ3v) is 6.06. The van der Waals surface area contributed by atoms with Crippen LogP contribution in [-0.4, -0.2) is 40.0 Å². The summed E-state index contributed by atoms with van der Waals surface area (Å²) in [6, 6.07) is 3.04. The van der Waals surface area contributed by atoms with Gasteiger partial charge >= 0.3 is 0 Å². The number of hydrogen-bond acceptors (Lipinski definition) is 5. The van der Waals surface area contributed by atoms with Gasteiger partial charge in [0.05, 0.1) is 10.9 Å². The van der Waals surface area contributed by atoms with Crippen LogP contribution in [0.3, 0.4) is 0 Å². The van der Waals surface area contributed by atoms with Crippen molar-refractivity contribution in [3.05, 3.63) is 16.5 Å². The molecule has 0 unspecified atom stereocenters. The topological polar surface area (TPSA) is 87.3 Å². The number of sulfonamides is 1. The second-order valence-corrected chi connectivity index (χ2v) is 8.18. The van der Waals surface area contributed by atoms with Crippen molar-refractivity contribution >= 4 is 51.3 Å². The summed E-state index contributed by atoms with van der Waals surface area (Å²) in [5, 5.41) is 6.01. The molecule has 0 saturated carbocycles. The first-order valence-corrected chi connectivity index (χ1v) is 8.90. The Labute approximate surface area is 139 Å². The summed E-state index contributed by atoms with van der Waals surface area (Å²) >= 11 is 6.66. The van der Waals surface area contributed by atoms with E-state index in [1.165, 1.54) is 12.1 Å². The predicted molar refractivity (Wildman–Crippen MR) is 85.8 cm³/mol. The molecule has 1 fully saturated rings. The molecule has 2 heterocycles. The number of amides is 1. The van der Waals surface area contributed by atoms with Crippen LogP contribution in [0, 0.1) is 0 Å². The van der Waals surface area contributed by atoms with Crippen LogP contribution in [0.5, 0.6) is 0 Å². The molecule has 21 heavy (non-hydrogen) atoms. The lowest BCUT2D eigenvalue weighted by atomic mass is 10.1. The van der Waals surface area contributed by atoms with Crippen molar-refractivity contribution < 1.29 is 13.2 Å². The normalized spacial score (nSPS) is 16.2. The minimum absolute atomic E-state index is 0. The number of piperidine rings is 1. The quantitative estimate of drug-likeness (QED) is 0.717. The van der Waals surface area contributed by atoms with Gasteiger partial charge in [-0.2, -0.15) is 0 Å². The van der Waals surface area contributed by atoms with Crippen LogP contribution in [0.2, 0.25) is 4.34 Å². The zero-order valence-corrected chi connectivity index (χ0v) is 14.3. The lowest BCUT2D eigenvalue weighted by Gasteiger charge is -2.23. The second-order valence-electron chi connectivity index (χ2n) is 4.47. The Balaban J connectivity index is 0.00000220. The fourth-order valence-corrected chi connectivity index (χ4v) is 4.43. The monoisotopic (exact) mass is 373 g/mol. The van der Waals surface area contributed by atoms with Gasteiger partial charge in [0.15, 0.2) is 0 Å². The van der Waals surface area contributed by atoms with Gasteiger partial charge in [-0.15, -0.1) is 23.7 Å². The van der Waals surface area contributed by atoms with Gasteiger partial charge in [0.25, 0.3) is 10.0 Å². The van der Waals surface area contributed by atoms with E-state index in [0.717, 1.165) is 37.3 Å². The smallest absolute Gasteiger partial charge is 0.250 e. The number of carbonyl (C=O) groups excluding carboxylic acids is 1. The standard InChI is InChI=1S/C11H16ClN3O3S2.ClH/c12-9-1-2-11(19-9)20(17,18)14-7-10(16)15-8-3-5-13-6-4-8;/h1-2,8,13-14H,3-7H2,(H,15,16);1H. The van der Waals surface area contributed by atoms with Crippen molar-refractivity contribution in [3.8, 4) is 0 Å². The van der Waals surface area contributed by atoms with E-state index >= 15 is 0 Å². The van der Waals surface area contributed by atoms with Gasteiger partial charge < -0.3 is 10.6 Å². The maximum Gasteiger partial charge on any atom is 0.250 e. The fourth-order valence-electron chi connectivity index (χ4n) is 1.92. The molecule has 1 saturated heterocycles. The molecule has 3 N–H and O–H groups in total. The van der Waals surface area contributed by atoms with E-state index in [-0.39, 0.29) is 35.1 Å². The average Bonchev–Trinajstić information content (AvgIpc) is 2.85. The van der Waals surface area contributed by atoms with Gasteiger partial charge in [-0.3, -0.25) is 4.79 Å². The van der Waals surface area contributed by atoms with Crippen LogP contribution in [0.25, 0.3) is 0 Å². The van der Waals surface area contributed by atoms with E-state index < -0.39 is 10.0 Å². The van der Waals surface area contributed by atoms with Crippen LogP contribution in [0.1, 0.15) is 12.8 Å². The summed E-state index contributed by atoms with van der Waals surface area (Å²) in [5.41, 5.74) is 0. The van der Waals surface area contributed by atoms with Crippen molar-refractivity contribution in [3.63, 3.8) is 0 Å². The zero-order chi connectivity index (χ0) is 14.6. The number of nitrogens with one attached hydrogen (secondary N) is 3. The highest BCUT2D eigenvalue weighted by molar-refractivity contribution is 7.91. The molecule has 120 valence electrons. The summed E-state index contributed by atoms with van der Waals surface area (Å²) in [6.45, 7) is 1.47. The van der Waals surface area contributed by atoms with E-state index in [1.54, 1.807) is 0 Å². The lowest BCUT2D eigenvalue weighted by Crippen LogP contribution is -2.46. The molecule has 1 aromatic heterocycles. The maximum absolute atomic E-state index is 11.9. The number of rotatable bonds is 5. The van der Waals surface area contributed by atoms with E-state index in [0.29, 0.717) is 4.34 Å². The number of halogens is 2. The first kappa shape index (κ1) is 18.7. The summed E-state index contributed by atoms with van der Waals surface area (Å²) in [5.74, 6) is -0.317. The fraction of sp³-hybridized carbons (Fsp3) is 0.545. The molecular weight excluding hydrogens is 357 g/mol. The summed E-state index contributed by atoms with van der Waals surface area (Å²) in [4.78, 5) is 11.7. The molecule has 0 aliphatic carbocycles. The van der Waals surface area contributed by atoms with Crippen LogP contribution < -0.4 is 15.4 Å². The summed E-state index contributed by atoms with van der Waals surface area (Å²) in [6.07, 6.45) is 1.72. The van der Waals surface area contributed by atoms with Crippen molar-refractivity contribution in [2.75, 3.05) is 19.6 Å². The van der Waals surface area contributed by atoms with E-state index in [1.807, 2.05) is 0 Å². The molecular formula is C11H17Cl2N3O3S2. The Morgan fingerprint density at radius 3 is 2.62 bits per heavy atom. The molecule has 0 atom stereocenters. The number of hydrogen-bond donors (Lipinski definition) is 3. The molecule has 1 aliphatic rings. The minimum Gasteiger partial charge on any atom is -0.352 e. The van der Waals surface area contributed by atoms with Crippen molar-refractivity contribution in [1.29, 1.82) is 0 Å². The highest BCUT2D eigenvalue weighted by Crippen LogP contribution is 2.25. The molecule has 0 aromatic carbocycles. The van der Waals surface area contributed by atoms with E-state index in [9.17, 15) is 13.2 Å². The number of thiophene rings is 1. The van der Waals surface area contributed by atoms with Crippen LogP contribution in [-0.2, 0) is 14.8 Å². The van der Waals surface area contributed by atoms with Crippen LogP contribution >= 0.6 is 35.3 Å². The molecule has 0 bridgehead atoms. The Hall–Kier alpha value is -0.380. The van der Waals surface area contributed by atoms with Crippen LogP contribution in [0.4, 0.5) is 0 Å². The van der Waals surface area contributed by atoms with Gasteiger partial charge in [-0.1, -0.05) is 11.6 Å². The summed E-state index contributed by atoms with van der Waals surface area (Å²) in [7, 11) is -3.66. The Morgan fingerprint density at radius 1 is 1.38 bits per heavy atom. The van der Waals surface area contributed by atoms with E-state index in [2.05, 4.69) is 15.4 Å². The zero-order valence-electron chi connectivity index (χ0n) is 11.1. The van der Waals surface area contributed by atoms with Crippen molar-refractivity contribution in [2.45, 2.75) is 23.1 Å². The van der Waals surface area contributed by atoms with E-state index in [4.69, 9.17) is 11.6 Å². The van der Waals surface area contributed by atoms with Gasteiger partial charge in [0.1, 0.15) is 4.21 Å². The lowest BCUT2D eigenvalue weighted by molar-refractivity contribution is -0.120. The third kappa shape index (κ3) is 5.72. The van der Waals surface area contributed by atoms with Crippen molar-refractivity contribution in [1.82, 2.24) is 15.4 Å².